The molecule has 0 aliphatic rings. The lowest BCUT2D eigenvalue weighted by molar-refractivity contribution is -0.138. The number of carboxylic acids is 1. The topological polar surface area (TPSA) is 70.5 Å². The van der Waals surface area contributed by atoms with E-state index in [0.29, 0.717) is 5.69 Å². The Kier molecular flexibility index (Phi) is 4.92. The molecule has 22 heavy (non-hydrogen) atoms. The molecule has 1 aromatic heterocycles. The van der Waals surface area contributed by atoms with Crippen molar-refractivity contribution in [3.05, 3.63) is 40.9 Å². The number of hydrogen-bond donors (Lipinski definition) is 1. The first kappa shape index (κ1) is 16.2. The van der Waals surface area contributed by atoms with Crippen LogP contribution in [0.2, 0.25) is 0 Å². The summed E-state index contributed by atoms with van der Waals surface area (Å²) >= 11 is 1.39. The van der Waals surface area contributed by atoms with Crippen molar-refractivity contribution in [1.29, 1.82) is 0 Å². The van der Waals surface area contributed by atoms with Gasteiger partial charge in [0, 0.05) is 17.0 Å². The number of carbonyl (C=O) groups is 2. The largest absolute Gasteiger partial charge is 0.480 e. The second kappa shape index (κ2) is 6.70. The Bertz CT molecular complexity index is 694. The van der Waals surface area contributed by atoms with Crippen molar-refractivity contribution >= 4 is 23.2 Å². The number of carbonyl (C=O) groups excluding carboxylic acids is 1. The molecule has 1 heterocycles. The lowest BCUT2D eigenvalue weighted by atomic mass is 10.1. The molecule has 0 unspecified atom stereocenters. The number of aromatic nitrogens is 1. The van der Waals surface area contributed by atoms with Crippen LogP contribution in [-0.4, -0.2) is 39.5 Å². The van der Waals surface area contributed by atoms with Crippen LogP contribution >= 0.6 is 11.3 Å². The molecule has 0 atom stereocenters. The highest BCUT2D eigenvalue weighted by Crippen LogP contribution is 2.27. The Labute approximate surface area is 133 Å². The maximum atomic E-state index is 12.5. The van der Waals surface area contributed by atoms with Crippen molar-refractivity contribution in [1.82, 2.24) is 9.88 Å². The first-order chi connectivity index (χ1) is 10.4. The van der Waals surface area contributed by atoms with Gasteiger partial charge in [0.2, 0.25) is 0 Å². The molecular weight excluding hydrogens is 300 g/mol. The van der Waals surface area contributed by atoms with Crippen LogP contribution in [0.4, 0.5) is 0 Å². The van der Waals surface area contributed by atoms with Gasteiger partial charge in [-0.2, -0.15) is 0 Å². The van der Waals surface area contributed by atoms with Gasteiger partial charge in [0.15, 0.2) is 0 Å². The van der Waals surface area contributed by atoms with E-state index >= 15 is 0 Å². The maximum absolute atomic E-state index is 12.5. The van der Waals surface area contributed by atoms with Gasteiger partial charge in [0.05, 0.1) is 0 Å². The highest BCUT2D eigenvalue weighted by atomic mass is 32.1. The van der Waals surface area contributed by atoms with Crippen LogP contribution in [0.3, 0.4) is 0 Å². The predicted molar refractivity (Wildman–Crippen MR) is 86.1 cm³/mol. The summed E-state index contributed by atoms with van der Waals surface area (Å²) in [6, 6.07) is 7.62. The Balaban J connectivity index is 2.29. The van der Waals surface area contributed by atoms with Crippen molar-refractivity contribution in [2.24, 2.45) is 0 Å². The number of nitrogens with zero attached hydrogens (tertiary/aromatic N) is 2. The molecule has 2 rings (SSSR count). The van der Waals surface area contributed by atoms with E-state index in [1.165, 1.54) is 16.2 Å². The Hall–Kier alpha value is -2.21. The summed E-state index contributed by atoms with van der Waals surface area (Å²) in [7, 11) is 0. The molecule has 1 aromatic carbocycles. The summed E-state index contributed by atoms with van der Waals surface area (Å²) in [5.41, 5.74) is 2.36. The molecule has 6 heteroatoms. The predicted octanol–water partition coefficient (Wildman–Crippen LogP) is 3.05. The number of benzene rings is 1. The molecule has 5 nitrogen and oxygen atoms in total. The molecule has 1 amide bonds. The van der Waals surface area contributed by atoms with Gasteiger partial charge in [-0.3, -0.25) is 9.59 Å². The van der Waals surface area contributed by atoms with Gasteiger partial charge in [-0.15, -0.1) is 11.3 Å². The average molecular weight is 318 g/mol. The van der Waals surface area contributed by atoms with E-state index in [-0.39, 0.29) is 18.5 Å². The lowest BCUT2D eigenvalue weighted by Gasteiger charge is -2.23. The van der Waals surface area contributed by atoms with Crippen LogP contribution in [0, 0.1) is 6.92 Å². The van der Waals surface area contributed by atoms with Gasteiger partial charge in [-0.05, 0) is 26.3 Å². The summed E-state index contributed by atoms with van der Waals surface area (Å²) in [5.74, 6) is -1.38. The zero-order valence-corrected chi connectivity index (χ0v) is 13.6. The highest BCUT2D eigenvalue weighted by molar-refractivity contribution is 7.13. The number of hydrogen-bond acceptors (Lipinski definition) is 4. The molecule has 0 spiro atoms. The fraction of sp³-hybridized carbons (Fsp3) is 0.312. The van der Waals surface area contributed by atoms with Crippen LogP contribution in [0.15, 0.2) is 29.6 Å². The number of amides is 1. The van der Waals surface area contributed by atoms with Crippen molar-refractivity contribution < 1.29 is 14.7 Å². The quantitative estimate of drug-likeness (QED) is 0.920. The SMILES string of the molecule is Cc1ccccc1-c1nc(C(=O)N(CC(=O)O)C(C)C)cs1. The van der Waals surface area contributed by atoms with E-state index in [0.717, 1.165) is 16.1 Å². The monoisotopic (exact) mass is 318 g/mol. The zero-order chi connectivity index (χ0) is 16.3. The summed E-state index contributed by atoms with van der Waals surface area (Å²) in [5, 5.41) is 11.4. The van der Waals surface area contributed by atoms with Crippen LogP contribution in [0.25, 0.3) is 10.6 Å². The van der Waals surface area contributed by atoms with Gasteiger partial charge in [-0.1, -0.05) is 24.3 Å². The van der Waals surface area contributed by atoms with Gasteiger partial charge in [0.1, 0.15) is 17.2 Å². The average Bonchev–Trinajstić information content (AvgIpc) is 2.93. The minimum atomic E-state index is -1.03. The van der Waals surface area contributed by atoms with Crippen molar-refractivity contribution in [3.8, 4) is 10.6 Å². The molecule has 0 bridgehead atoms. The minimum Gasteiger partial charge on any atom is -0.480 e. The molecule has 0 fully saturated rings. The smallest absolute Gasteiger partial charge is 0.323 e. The Morgan fingerprint density at radius 3 is 2.59 bits per heavy atom. The third kappa shape index (κ3) is 3.51. The molecule has 0 aliphatic carbocycles. The zero-order valence-electron chi connectivity index (χ0n) is 12.7. The minimum absolute atomic E-state index is 0.202. The molecule has 0 saturated carbocycles. The third-order valence-corrected chi connectivity index (χ3v) is 4.16. The lowest BCUT2D eigenvalue weighted by Crippen LogP contribution is -2.40. The van der Waals surface area contributed by atoms with E-state index in [2.05, 4.69) is 4.98 Å². The Morgan fingerprint density at radius 2 is 2.00 bits per heavy atom. The third-order valence-electron chi connectivity index (χ3n) is 3.29. The number of carboxylic acid groups (broad SMARTS) is 1. The summed E-state index contributed by atoms with van der Waals surface area (Å²) in [6.07, 6.45) is 0. The molecular formula is C16H18N2O3S. The van der Waals surface area contributed by atoms with E-state index in [1.807, 2.05) is 31.2 Å². The Morgan fingerprint density at radius 1 is 1.32 bits per heavy atom. The summed E-state index contributed by atoms with van der Waals surface area (Å²) in [6.45, 7) is 5.24. The first-order valence-corrected chi connectivity index (χ1v) is 7.82. The first-order valence-electron chi connectivity index (χ1n) is 6.94. The van der Waals surface area contributed by atoms with E-state index in [4.69, 9.17) is 5.11 Å². The maximum Gasteiger partial charge on any atom is 0.323 e. The number of thiazole rings is 1. The van der Waals surface area contributed by atoms with E-state index in [9.17, 15) is 9.59 Å². The molecule has 0 saturated heterocycles. The fourth-order valence-corrected chi connectivity index (χ4v) is 2.97. The van der Waals surface area contributed by atoms with Crippen LogP contribution in [0.1, 0.15) is 29.9 Å². The van der Waals surface area contributed by atoms with Crippen LogP contribution < -0.4 is 0 Å². The van der Waals surface area contributed by atoms with Gasteiger partial charge in [-0.25, -0.2) is 4.98 Å². The molecule has 1 N–H and O–H groups in total. The fourth-order valence-electron chi connectivity index (χ4n) is 2.09. The van der Waals surface area contributed by atoms with Crippen molar-refractivity contribution in [3.63, 3.8) is 0 Å². The van der Waals surface area contributed by atoms with Crippen molar-refractivity contribution in [2.45, 2.75) is 26.8 Å². The van der Waals surface area contributed by atoms with Crippen molar-refractivity contribution in [2.75, 3.05) is 6.54 Å². The van der Waals surface area contributed by atoms with E-state index in [1.54, 1.807) is 19.2 Å². The molecule has 0 radical (unpaired) electrons. The normalized spacial score (nSPS) is 10.7. The standard InChI is InChI=1S/C16H18N2O3S/c1-10(2)18(8-14(19)20)16(21)13-9-22-15(17-13)12-7-5-4-6-11(12)3/h4-7,9-10H,8H2,1-3H3,(H,19,20). The number of aryl methyl sites for hydroxylation is 1. The van der Waals surface area contributed by atoms with Gasteiger partial charge < -0.3 is 10.0 Å². The number of rotatable bonds is 5. The van der Waals surface area contributed by atoms with Crippen LogP contribution in [-0.2, 0) is 4.79 Å². The second-order valence-electron chi connectivity index (χ2n) is 5.27. The second-order valence-corrected chi connectivity index (χ2v) is 6.13. The molecule has 0 aliphatic heterocycles. The highest BCUT2D eigenvalue weighted by Gasteiger charge is 2.23. The summed E-state index contributed by atoms with van der Waals surface area (Å²) in [4.78, 5) is 29.1. The summed E-state index contributed by atoms with van der Waals surface area (Å²) < 4.78 is 0. The van der Waals surface area contributed by atoms with Gasteiger partial charge in [0.25, 0.3) is 5.91 Å². The van der Waals surface area contributed by atoms with E-state index < -0.39 is 5.97 Å². The van der Waals surface area contributed by atoms with Crippen LogP contribution in [0.5, 0.6) is 0 Å². The molecule has 116 valence electrons. The van der Waals surface area contributed by atoms with Gasteiger partial charge >= 0.3 is 5.97 Å². The number of aliphatic carboxylic acids is 1. The molecule has 2 aromatic rings.